The minimum absolute atomic E-state index is 0.0196. The Labute approximate surface area is 201 Å². The van der Waals surface area contributed by atoms with E-state index < -0.39 is 10.0 Å². The third-order valence-corrected chi connectivity index (χ3v) is 8.71. The van der Waals surface area contributed by atoms with Crippen molar-refractivity contribution < 1.29 is 18.0 Å². The van der Waals surface area contributed by atoms with Gasteiger partial charge in [0.25, 0.3) is 10.0 Å². The molecule has 0 spiro atoms. The first-order valence-electron chi connectivity index (χ1n) is 11.0. The van der Waals surface area contributed by atoms with Gasteiger partial charge in [0, 0.05) is 18.7 Å². The van der Waals surface area contributed by atoms with Gasteiger partial charge in [-0.1, -0.05) is 11.3 Å². The monoisotopic (exact) mass is 499 g/mol. The number of thiazole rings is 1. The van der Waals surface area contributed by atoms with E-state index in [2.05, 4.69) is 27.0 Å². The van der Waals surface area contributed by atoms with Crippen LogP contribution < -0.4 is 14.9 Å². The van der Waals surface area contributed by atoms with Crippen LogP contribution in [0.15, 0.2) is 41.3 Å². The van der Waals surface area contributed by atoms with E-state index >= 15 is 0 Å². The molecule has 34 heavy (non-hydrogen) atoms. The van der Waals surface area contributed by atoms with Crippen LogP contribution in [0.4, 0.5) is 16.5 Å². The molecule has 2 amide bonds. The number of likely N-dealkylation sites (tertiary alicyclic amines) is 1. The molecule has 1 fully saturated rings. The Balaban J connectivity index is 1.31. The highest BCUT2D eigenvalue weighted by Gasteiger charge is 2.27. The molecule has 0 unspecified atom stereocenters. The van der Waals surface area contributed by atoms with Gasteiger partial charge in [0.15, 0.2) is 5.13 Å². The largest absolute Gasteiger partial charge is 0.315 e. The Hall–Kier alpha value is -3.02. The van der Waals surface area contributed by atoms with Gasteiger partial charge in [-0.25, -0.2) is 13.4 Å². The summed E-state index contributed by atoms with van der Waals surface area (Å²) in [5, 5.41) is 3.43. The maximum atomic E-state index is 13.0. The fraction of sp³-hybridized carbons (Fsp3) is 0.348. The Morgan fingerprint density at radius 2 is 1.88 bits per heavy atom. The van der Waals surface area contributed by atoms with Crippen LogP contribution in [0.5, 0.6) is 0 Å². The number of hydrogen-bond acceptors (Lipinski definition) is 7. The standard InChI is InChI=1S/C23H25N5O4S2/c1-27-9-7-14(8-10-27)22(30)25-23-24-18-5-3-16(13-20(18)33-23)26-34(31,32)17-4-6-19-15(11-17)12-21(29)28(19)2/h3-6,11,13-14,26H,7-10,12H2,1-2H3,(H,24,25,30). The number of anilines is 3. The van der Waals surface area contributed by atoms with Gasteiger partial charge >= 0.3 is 0 Å². The van der Waals surface area contributed by atoms with Gasteiger partial charge in [0.05, 0.1) is 27.2 Å². The second-order valence-corrected chi connectivity index (χ2v) is 11.5. The minimum atomic E-state index is -3.84. The molecule has 0 radical (unpaired) electrons. The van der Waals surface area contributed by atoms with E-state index in [9.17, 15) is 18.0 Å². The molecule has 1 aromatic heterocycles. The van der Waals surface area contributed by atoms with Crippen LogP contribution in [0, 0.1) is 5.92 Å². The Kier molecular flexibility index (Phi) is 5.78. The number of amides is 2. The van der Waals surface area contributed by atoms with E-state index in [1.54, 1.807) is 37.4 Å². The maximum absolute atomic E-state index is 13.0. The number of piperidine rings is 1. The second-order valence-electron chi connectivity index (χ2n) is 8.79. The van der Waals surface area contributed by atoms with E-state index in [0.717, 1.165) is 36.3 Å². The predicted molar refractivity (Wildman–Crippen MR) is 133 cm³/mol. The van der Waals surface area contributed by atoms with Crippen molar-refractivity contribution in [3.63, 3.8) is 0 Å². The van der Waals surface area contributed by atoms with Crippen molar-refractivity contribution in [3.05, 3.63) is 42.0 Å². The molecule has 2 N–H and O–H groups in total. The molecule has 0 bridgehead atoms. The highest BCUT2D eigenvalue weighted by Crippen LogP contribution is 2.32. The van der Waals surface area contributed by atoms with Crippen molar-refractivity contribution in [2.45, 2.75) is 24.2 Å². The third-order valence-electron chi connectivity index (χ3n) is 6.40. The van der Waals surface area contributed by atoms with E-state index in [0.29, 0.717) is 21.9 Å². The van der Waals surface area contributed by atoms with Gasteiger partial charge in [-0.2, -0.15) is 0 Å². The Morgan fingerprint density at radius 3 is 2.65 bits per heavy atom. The van der Waals surface area contributed by atoms with Gasteiger partial charge in [-0.3, -0.25) is 14.3 Å². The molecule has 0 atom stereocenters. The van der Waals surface area contributed by atoms with Crippen LogP contribution in [-0.4, -0.2) is 57.3 Å². The normalized spacial score (nSPS) is 17.2. The summed E-state index contributed by atoms with van der Waals surface area (Å²) in [6.07, 6.45) is 1.84. The van der Waals surface area contributed by atoms with E-state index in [4.69, 9.17) is 0 Å². The molecule has 9 nitrogen and oxygen atoms in total. The van der Waals surface area contributed by atoms with Crippen LogP contribution in [0.3, 0.4) is 0 Å². The summed E-state index contributed by atoms with van der Waals surface area (Å²) in [7, 11) is -0.110. The topological polar surface area (TPSA) is 112 Å². The zero-order valence-corrected chi connectivity index (χ0v) is 20.5. The highest BCUT2D eigenvalue weighted by atomic mass is 32.2. The summed E-state index contributed by atoms with van der Waals surface area (Å²) in [4.78, 5) is 32.8. The molecular formula is C23H25N5O4S2. The van der Waals surface area contributed by atoms with Gasteiger partial charge in [0.2, 0.25) is 11.8 Å². The third kappa shape index (κ3) is 4.38. The number of carbonyl (C=O) groups is 2. The average Bonchev–Trinajstić information content (AvgIpc) is 3.32. The first-order chi connectivity index (χ1) is 16.2. The number of aromatic nitrogens is 1. The van der Waals surface area contributed by atoms with Crippen LogP contribution in [-0.2, 0) is 26.0 Å². The molecular weight excluding hydrogens is 474 g/mol. The molecule has 2 aromatic carbocycles. The van der Waals surface area contributed by atoms with Crippen LogP contribution in [0.25, 0.3) is 10.2 Å². The lowest BCUT2D eigenvalue weighted by atomic mass is 9.96. The number of rotatable bonds is 5. The summed E-state index contributed by atoms with van der Waals surface area (Å²) < 4.78 is 29.3. The molecule has 2 aliphatic heterocycles. The number of nitrogens with zero attached hydrogens (tertiary/aromatic N) is 3. The SMILES string of the molecule is CN1CCC(C(=O)Nc2nc3ccc(NS(=O)(=O)c4ccc5c(c4)CC(=O)N5C)cc3s2)CC1. The number of nitrogens with one attached hydrogen (secondary N) is 2. The molecule has 3 aromatic rings. The van der Waals surface area contributed by atoms with Gasteiger partial charge in [-0.15, -0.1) is 0 Å². The fourth-order valence-electron chi connectivity index (χ4n) is 4.35. The first-order valence-corrected chi connectivity index (χ1v) is 13.3. The lowest BCUT2D eigenvalue weighted by Crippen LogP contribution is -2.35. The number of sulfonamides is 1. The fourth-order valence-corrected chi connectivity index (χ4v) is 6.36. The molecule has 178 valence electrons. The highest BCUT2D eigenvalue weighted by molar-refractivity contribution is 7.92. The number of carbonyl (C=O) groups excluding carboxylic acids is 2. The Morgan fingerprint density at radius 1 is 1.12 bits per heavy atom. The van der Waals surface area contributed by atoms with E-state index in [1.165, 1.54) is 22.3 Å². The summed E-state index contributed by atoms with van der Waals surface area (Å²) in [5.74, 6) is -0.103. The summed E-state index contributed by atoms with van der Waals surface area (Å²) in [5.41, 5.74) is 2.51. The molecule has 0 aliphatic carbocycles. The zero-order chi connectivity index (χ0) is 24.0. The molecule has 3 heterocycles. The van der Waals surface area contributed by atoms with E-state index in [-0.39, 0.29) is 29.0 Å². The number of fused-ring (bicyclic) bond motifs is 2. The van der Waals surface area contributed by atoms with Gasteiger partial charge in [-0.05, 0) is 74.9 Å². The maximum Gasteiger partial charge on any atom is 0.261 e. The molecule has 1 saturated heterocycles. The molecule has 2 aliphatic rings. The zero-order valence-electron chi connectivity index (χ0n) is 18.9. The second kappa shape index (κ2) is 8.64. The van der Waals surface area contributed by atoms with Crippen LogP contribution >= 0.6 is 11.3 Å². The van der Waals surface area contributed by atoms with Gasteiger partial charge < -0.3 is 15.1 Å². The quantitative estimate of drug-likeness (QED) is 0.558. The average molecular weight is 500 g/mol. The van der Waals surface area contributed by atoms with Crippen molar-refractivity contribution in [2.24, 2.45) is 5.92 Å². The Bertz CT molecular complexity index is 1390. The summed E-state index contributed by atoms with van der Waals surface area (Å²) >= 11 is 1.31. The summed E-state index contributed by atoms with van der Waals surface area (Å²) in [6, 6.07) is 9.78. The predicted octanol–water partition coefficient (Wildman–Crippen LogP) is 2.90. The molecule has 11 heteroatoms. The van der Waals surface area contributed by atoms with Crippen molar-refractivity contribution in [3.8, 4) is 0 Å². The summed E-state index contributed by atoms with van der Waals surface area (Å²) in [6.45, 7) is 1.80. The van der Waals surface area contributed by atoms with E-state index in [1.807, 2.05) is 0 Å². The number of likely N-dealkylation sites (N-methyl/N-ethyl adjacent to an activating group) is 1. The van der Waals surface area contributed by atoms with Crippen molar-refractivity contribution in [2.75, 3.05) is 42.1 Å². The van der Waals surface area contributed by atoms with Gasteiger partial charge in [0.1, 0.15) is 0 Å². The number of benzene rings is 2. The lowest BCUT2D eigenvalue weighted by Gasteiger charge is -2.27. The minimum Gasteiger partial charge on any atom is -0.315 e. The lowest BCUT2D eigenvalue weighted by molar-refractivity contribution is -0.121. The van der Waals surface area contributed by atoms with Crippen LogP contribution in [0.1, 0.15) is 18.4 Å². The van der Waals surface area contributed by atoms with Crippen LogP contribution in [0.2, 0.25) is 0 Å². The smallest absolute Gasteiger partial charge is 0.261 e. The molecule has 5 rings (SSSR count). The first kappa shape index (κ1) is 22.8. The molecule has 0 saturated carbocycles. The number of hydrogen-bond donors (Lipinski definition) is 2. The van der Waals surface area contributed by atoms with Crippen molar-refractivity contribution >= 4 is 59.9 Å². The van der Waals surface area contributed by atoms with Crippen molar-refractivity contribution in [1.82, 2.24) is 9.88 Å². The van der Waals surface area contributed by atoms with Crippen molar-refractivity contribution in [1.29, 1.82) is 0 Å².